The molecule has 4 aliphatic carbocycles. The van der Waals surface area contributed by atoms with Crippen LogP contribution in [0.4, 0.5) is 0 Å². The van der Waals surface area contributed by atoms with E-state index < -0.39 is 24.1 Å². The van der Waals surface area contributed by atoms with E-state index in [1.165, 1.54) is 0 Å². The van der Waals surface area contributed by atoms with E-state index in [0.29, 0.717) is 49.9 Å². The highest BCUT2D eigenvalue weighted by Crippen LogP contribution is 2.68. The lowest BCUT2D eigenvalue weighted by Crippen LogP contribution is -2.62. The second-order valence-corrected chi connectivity index (χ2v) is 12.6. The first-order chi connectivity index (χ1) is 16.5. The van der Waals surface area contributed by atoms with Crippen molar-refractivity contribution in [1.82, 2.24) is 0 Å². The Morgan fingerprint density at radius 2 is 1.86 bits per heavy atom. The minimum absolute atomic E-state index is 0.0222. The van der Waals surface area contributed by atoms with E-state index in [1.807, 2.05) is 0 Å². The Morgan fingerprint density at radius 1 is 1.11 bits per heavy atom. The quantitative estimate of drug-likeness (QED) is 0.346. The molecule has 0 saturated heterocycles. The van der Waals surface area contributed by atoms with Gasteiger partial charge < -0.3 is 20.1 Å². The highest BCUT2D eigenvalue weighted by Gasteiger charge is 2.65. The van der Waals surface area contributed by atoms with E-state index in [4.69, 9.17) is 9.84 Å². The van der Waals surface area contributed by atoms with E-state index >= 15 is 0 Å². The van der Waals surface area contributed by atoms with Crippen LogP contribution >= 0.6 is 0 Å². The molecule has 0 heterocycles. The molecule has 0 unspecified atom stereocenters. The number of Topliss-reactive ketones (excluding diaryl/α,β-unsaturated/α-hetero) is 1. The number of fused-ring (bicyclic) bond motifs is 5. The summed E-state index contributed by atoms with van der Waals surface area (Å²) in [5.74, 6) is 0.501. The average Bonchev–Trinajstić information content (AvgIpc) is 3.15. The molecular formula is C28H44O7. The number of rotatable bonds is 8. The van der Waals surface area contributed by atoms with Gasteiger partial charge in [-0.2, -0.15) is 0 Å². The van der Waals surface area contributed by atoms with Gasteiger partial charge in [0.05, 0.1) is 31.7 Å². The Morgan fingerprint density at radius 3 is 2.57 bits per heavy atom. The molecule has 7 nitrogen and oxygen atoms in total. The Kier molecular flexibility index (Phi) is 7.69. The molecule has 10 atom stereocenters. The standard InChI is InChI=1S/C28H44O7/c1-16(5-4-12-35-25(34)9-8-24(32)33)19-6-7-20-26-21(15-23(31)28(19,20)3)27(2)11-10-18(29)13-17(27)14-22(26)30/h16-17,19-23,26,30-31H,4-15H2,1-3H3,(H,32,33)/t16-,17-,19-,20+,21+,22-,23+,26+,27+,28-/m1/s1. The van der Waals surface area contributed by atoms with Gasteiger partial charge in [0.2, 0.25) is 0 Å². The largest absolute Gasteiger partial charge is 0.481 e. The fourth-order valence-corrected chi connectivity index (χ4v) is 9.02. The molecule has 4 saturated carbocycles. The molecule has 4 rings (SSSR count). The van der Waals surface area contributed by atoms with Crippen LogP contribution in [0, 0.1) is 46.3 Å². The van der Waals surface area contributed by atoms with Gasteiger partial charge in [-0.1, -0.05) is 20.8 Å². The van der Waals surface area contributed by atoms with Crippen molar-refractivity contribution >= 4 is 17.7 Å². The van der Waals surface area contributed by atoms with Crippen LogP contribution in [0.25, 0.3) is 0 Å². The summed E-state index contributed by atoms with van der Waals surface area (Å²) in [7, 11) is 0. The van der Waals surface area contributed by atoms with Gasteiger partial charge in [-0.15, -0.1) is 0 Å². The molecule has 0 aromatic carbocycles. The van der Waals surface area contributed by atoms with E-state index in [2.05, 4.69) is 20.8 Å². The van der Waals surface area contributed by atoms with Crippen LogP contribution in [0.5, 0.6) is 0 Å². The summed E-state index contributed by atoms with van der Waals surface area (Å²) in [6.45, 7) is 7.07. The lowest BCUT2D eigenvalue weighted by atomic mass is 9.43. The van der Waals surface area contributed by atoms with Gasteiger partial charge in [-0.3, -0.25) is 14.4 Å². The molecule has 4 fully saturated rings. The monoisotopic (exact) mass is 492 g/mol. The third-order valence-electron chi connectivity index (χ3n) is 11.0. The Hall–Kier alpha value is -1.47. The first-order valence-electron chi connectivity index (χ1n) is 13.7. The van der Waals surface area contributed by atoms with Gasteiger partial charge in [0, 0.05) is 12.8 Å². The lowest BCUT2D eigenvalue weighted by Gasteiger charge is -2.63. The summed E-state index contributed by atoms with van der Waals surface area (Å²) in [5, 5.41) is 31.6. The van der Waals surface area contributed by atoms with Gasteiger partial charge in [-0.05, 0) is 91.3 Å². The summed E-state index contributed by atoms with van der Waals surface area (Å²) in [4.78, 5) is 34.4. The maximum absolute atomic E-state index is 12.2. The predicted molar refractivity (Wildman–Crippen MR) is 129 cm³/mol. The van der Waals surface area contributed by atoms with Crippen molar-refractivity contribution in [2.45, 2.75) is 104 Å². The maximum Gasteiger partial charge on any atom is 0.306 e. The van der Waals surface area contributed by atoms with Crippen molar-refractivity contribution in [3.63, 3.8) is 0 Å². The highest BCUT2D eigenvalue weighted by molar-refractivity contribution is 5.79. The number of hydrogen-bond acceptors (Lipinski definition) is 6. The van der Waals surface area contributed by atoms with Crippen LogP contribution in [0.1, 0.15) is 91.4 Å². The van der Waals surface area contributed by atoms with Crippen molar-refractivity contribution in [3.8, 4) is 0 Å². The number of aliphatic hydroxyl groups excluding tert-OH is 2. The SMILES string of the molecule is C[C@H](CCCOC(=O)CCC(=O)O)[C@H]1CC[C@H]2[C@@H]3[C@H](O)C[C@H]4CC(=O)CC[C@]4(C)[C@H]3C[C@H](O)[C@]12C. The number of esters is 1. The van der Waals surface area contributed by atoms with Crippen molar-refractivity contribution in [3.05, 3.63) is 0 Å². The molecule has 0 bridgehead atoms. The Bertz CT molecular complexity index is 826. The van der Waals surface area contributed by atoms with Crippen LogP contribution in [0.3, 0.4) is 0 Å². The minimum Gasteiger partial charge on any atom is -0.481 e. The molecule has 198 valence electrons. The number of ether oxygens (including phenoxy) is 1. The van der Waals surface area contributed by atoms with Crippen LogP contribution in [0.2, 0.25) is 0 Å². The fraction of sp³-hybridized carbons (Fsp3) is 0.893. The summed E-state index contributed by atoms with van der Waals surface area (Å²) in [6.07, 6.45) is 6.03. The molecule has 7 heteroatoms. The van der Waals surface area contributed by atoms with Crippen LogP contribution in [-0.2, 0) is 19.1 Å². The molecule has 3 N–H and O–H groups in total. The number of aliphatic carboxylic acids is 1. The smallest absolute Gasteiger partial charge is 0.306 e. The number of carbonyl (C=O) groups excluding carboxylic acids is 2. The number of carbonyl (C=O) groups is 3. The fourth-order valence-electron chi connectivity index (χ4n) is 9.02. The van der Waals surface area contributed by atoms with Gasteiger partial charge >= 0.3 is 11.9 Å². The molecule has 0 spiro atoms. The zero-order valence-corrected chi connectivity index (χ0v) is 21.6. The maximum atomic E-state index is 12.2. The molecular weight excluding hydrogens is 448 g/mol. The second-order valence-electron chi connectivity index (χ2n) is 12.6. The zero-order chi connectivity index (χ0) is 25.5. The zero-order valence-electron chi connectivity index (χ0n) is 21.6. The van der Waals surface area contributed by atoms with E-state index in [-0.39, 0.29) is 47.3 Å². The number of ketones is 1. The van der Waals surface area contributed by atoms with Gasteiger partial charge in [-0.25, -0.2) is 0 Å². The summed E-state index contributed by atoms with van der Waals surface area (Å²) < 4.78 is 5.20. The lowest BCUT2D eigenvalue weighted by molar-refractivity contribution is -0.201. The summed E-state index contributed by atoms with van der Waals surface area (Å²) >= 11 is 0. The number of aliphatic hydroxyl groups is 2. The molecule has 0 aliphatic heterocycles. The Labute approximate surface area is 209 Å². The number of carboxylic acids is 1. The molecule has 35 heavy (non-hydrogen) atoms. The van der Waals surface area contributed by atoms with Crippen LogP contribution in [-0.4, -0.2) is 51.9 Å². The number of hydrogen-bond donors (Lipinski definition) is 3. The molecule has 4 aliphatic rings. The van der Waals surface area contributed by atoms with E-state index in [0.717, 1.165) is 32.1 Å². The number of carboxylic acid groups (broad SMARTS) is 1. The van der Waals surface area contributed by atoms with E-state index in [9.17, 15) is 24.6 Å². The minimum atomic E-state index is -1.00. The van der Waals surface area contributed by atoms with Gasteiger partial charge in [0.15, 0.2) is 0 Å². The summed E-state index contributed by atoms with van der Waals surface area (Å²) in [5.41, 5.74) is -0.220. The van der Waals surface area contributed by atoms with E-state index in [1.54, 1.807) is 0 Å². The van der Waals surface area contributed by atoms with Crippen molar-refractivity contribution in [2.75, 3.05) is 6.61 Å². The third kappa shape index (κ3) is 4.79. The Balaban J connectivity index is 1.40. The predicted octanol–water partition coefficient (Wildman–Crippen LogP) is 3.98. The van der Waals surface area contributed by atoms with Crippen molar-refractivity contribution in [2.24, 2.45) is 46.3 Å². The van der Waals surface area contributed by atoms with Crippen molar-refractivity contribution in [1.29, 1.82) is 0 Å². The van der Waals surface area contributed by atoms with Crippen LogP contribution < -0.4 is 0 Å². The molecule has 0 aromatic rings. The average molecular weight is 493 g/mol. The normalized spacial score (nSPS) is 43.6. The second kappa shape index (κ2) is 10.1. The topological polar surface area (TPSA) is 121 Å². The van der Waals surface area contributed by atoms with Gasteiger partial charge in [0.25, 0.3) is 0 Å². The third-order valence-corrected chi connectivity index (χ3v) is 11.0. The van der Waals surface area contributed by atoms with Gasteiger partial charge in [0.1, 0.15) is 5.78 Å². The van der Waals surface area contributed by atoms with Crippen molar-refractivity contribution < 1.29 is 34.4 Å². The molecule has 0 aromatic heterocycles. The first-order valence-corrected chi connectivity index (χ1v) is 13.7. The highest BCUT2D eigenvalue weighted by atomic mass is 16.5. The van der Waals surface area contributed by atoms with Crippen LogP contribution in [0.15, 0.2) is 0 Å². The summed E-state index contributed by atoms with van der Waals surface area (Å²) in [6, 6.07) is 0. The molecule has 0 amide bonds. The first kappa shape index (κ1) is 26.6. The molecule has 0 radical (unpaired) electrons.